The van der Waals surface area contributed by atoms with E-state index < -0.39 is 0 Å². The van der Waals surface area contributed by atoms with Crippen LogP contribution in [0.4, 0.5) is 0 Å². The van der Waals surface area contributed by atoms with Gasteiger partial charge in [0, 0.05) is 13.2 Å². The molecule has 0 atom stereocenters. The summed E-state index contributed by atoms with van der Waals surface area (Å²) in [7, 11) is 0. The molecule has 2 aliphatic rings. The Morgan fingerprint density at radius 1 is 1.15 bits per heavy atom. The van der Waals surface area contributed by atoms with Crippen molar-refractivity contribution < 1.29 is 9.26 Å². The maximum atomic E-state index is 6.05. The minimum Gasteiger partial charge on any atom is -0.367 e. The third kappa shape index (κ3) is 2.17. The molecule has 2 N–H and O–H groups in total. The third-order valence-corrected chi connectivity index (χ3v) is 5.07. The van der Waals surface area contributed by atoms with Crippen LogP contribution >= 0.6 is 0 Å². The Morgan fingerprint density at radius 2 is 1.90 bits per heavy atom. The van der Waals surface area contributed by atoms with Crippen molar-refractivity contribution in [1.29, 1.82) is 0 Å². The fourth-order valence-electron chi connectivity index (χ4n) is 3.56. The monoisotopic (exact) mass is 279 g/mol. The molecule has 3 rings (SSSR count). The summed E-state index contributed by atoms with van der Waals surface area (Å²) in [6.07, 6.45) is 8.93. The molecule has 5 nitrogen and oxygen atoms in total. The Balaban J connectivity index is 1.87. The molecule has 0 aliphatic heterocycles. The van der Waals surface area contributed by atoms with Crippen LogP contribution < -0.4 is 5.73 Å². The lowest BCUT2D eigenvalue weighted by atomic mass is 9.68. The van der Waals surface area contributed by atoms with Gasteiger partial charge in [0.1, 0.15) is 5.60 Å². The van der Waals surface area contributed by atoms with E-state index in [-0.39, 0.29) is 11.0 Å². The highest BCUT2D eigenvalue weighted by Gasteiger charge is 2.45. The van der Waals surface area contributed by atoms with Gasteiger partial charge in [-0.05, 0) is 32.6 Å². The summed E-state index contributed by atoms with van der Waals surface area (Å²) in [5, 5.41) is 4.26. The number of hydrogen-bond donors (Lipinski definition) is 1. The lowest BCUT2D eigenvalue weighted by molar-refractivity contribution is -0.0777. The van der Waals surface area contributed by atoms with E-state index in [0.29, 0.717) is 13.2 Å². The van der Waals surface area contributed by atoms with E-state index in [9.17, 15) is 0 Å². The predicted molar refractivity (Wildman–Crippen MR) is 75.3 cm³/mol. The molecule has 0 spiro atoms. The second-order valence-electron chi connectivity index (χ2n) is 6.25. The Kier molecular flexibility index (Phi) is 3.82. The van der Waals surface area contributed by atoms with Gasteiger partial charge in [-0.3, -0.25) is 0 Å². The quantitative estimate of drug-likeness (QED) is 0.897. The summed E-state index contributed by atoms with van der Waals surface area (Å²) in [6, 6.07) is 0. The topological polar surface area (TPSA) is 74.2 Å². The van der Waals surface area contributed by atoms with Crippen LogP contribution in [0.5, 0.6) is 0 Å². The number of nitrogens with zero attached hydrogens (tertiary/aromatic N) is 2. The number of ether oxygens (including phenoxy) is 1. The van der Waals surface area contributed by atoms with Crippen molar-refractivity contribution >= 4 is 0 Å². The molecule has 20 heavy (non-hydrogen) atoms. The van der Waals surface area contributed by atoms with Crippen LogP contribution in [0, 0.1) is 0 Å². The molecule has 2 saturated carbocycles. The van der Waals surface area contributed by atoms with Gasteiger partial charge in [0.05, 0.1) is 5.41 Å². The van der Waals surface area contributed by atoms with Gasteiger partial charge in [-0.15, -0.1) is 0 Å². The normalized spacial score (nSPS) is 24.3. The zero-order valence-electron chi connectivity index (χ0n) is 12.4. The number of hydrogen-bond acceptors (Lipinski definition) is 5. The van der Waals surface area contributed by atoms with E-state index >= 15 is 0 Å². The molecular weight excluding hydrogens is 254 g/mol. The number of nitrogens with two attached hydrogens (primary N) is 1. The molecule has 0 aromatic carbocycles. The molecule has 112 valence electrons. The summed E-state index contributed by atoms with van der Waals surface area (Å²) in [4.78, 5) is 4.71. The minimum atomic E-state index is -0.325. The van der Waals surface area contributed by atoms with Crippen molar-refractivity contribution in [1.82, 2.24) is 10.1 Å². The second-order valence-corrected chi connectivity index (χ2v) is 6.25. The standard InChI is InChI=1S/C15H25N3O2/c1-2-19-15(9-4-3-5-10-15)12-17-13(20-18-12)14(11-16)7-6-8-14/h2-11,16H2,1H3. The summed E-state index contributed by atoms with van der Waals surface area (Å²) in [6.45, 7) is 3.31. The van der Waals surface area contributed by atoms with E-state index in [1.54, 1.807) is 0 Å². The maximum Gasteiger partial charge on any atom is 0.234 e. The first-order valence-electron chi connectivity index (χ1n) is 7.93. The Labute approximate surface area is 120 Å². The van der Waals surface area contributed by atoms with E-state index in [4.69, 9.17) is 20.0 Å². The van der Waals surface area contributed by atoms with Gasteiger partial charge in [0.15, 0.2) is 0 Å². The summed E-state index contributed by atoms with van der Waals surface area (Å²) in [5.41, 5.74) is 5.53. The van der Waals surface area contributed by atoms with E-state index in [0.717, 1.165) is 37.4 Å². The lowest BCUT2D eigenvalue weighted by Crippen LogP contribution is -2.42. The molecule has 1 heterocycles. The molecule has 0 bridgehead atoms. The van der Waals surface area contributed by atoms with Crippen molar-refractivity contribution in [3.05, 3.63) is 11.7 Å². The highest BCUT2D eigenvalue weighted by molar-refractivity contribution is 5.14. The van der Waals surface area contributed by atoms with E-state index in [1.165, 1.54) is 25.7 Å². The first kappa shape index (κ1) is 14.0. The molecule has 1 aromatic heterocycles. The molecule has 0 saturated heterocycles. The zero-order valence-corrected chi connectivity index (χ0v) is 12.4. The van der Waals surface area contributed by atoms with Crippen LogP contribution in [0.3, 0.4) is 0 Å². The van der Waals surface area contributed by atoms with Gasteiger partial charge in [-0.25, -0.2) is 0 Å². The highest BCUT2D eigenvalue weighted by Crippen LogP contribution is 2.44. The molecular formula is C15H25N3O2. The smallest absolute Gasteiger partial charge is 0.234 e. The van der Waals surface area contributed by atoms with Crippen LogP contribution in [-0.2, 0) is 15.8 Å². The van der Waals surface area contributed by atoms with Gasteiger partial charge >= 0.3 is 0 Å². The first-order valence-corrected chi connectivity index (χ1v) is 7.93. The molecule has 1 aromatic rings. The summed E-state index contributed by atoms with van der Waals surface area (Å²) >= 11 is 0. The Hall–Kier alpha value is -0.940. The van der Waals surface area contributed by atoms with Crippen molar-refractivity contribution in [3.8, 4) is 0 Å². The SMILES string of the molecule is CCOC1(c2noc(C3(CN)CCC3)n2)CCCCC1. The second kappa shape index (κ2) is 5.45. The first-order chi connectivity index (χ1) is 9.75. The van der Waals surface area contributed by atoms with Crippen molar-refractivity contribution in [3.63, 3.8) is 0 Å². The summed E-state index contributed by atoms with van der Waals surface area (Å²) < 4.78 is 11.6. The minimum absolute atomic E-state index is 0.0622. The lowest BCUT2D eigenvalue weighted by Gasteiger charge is -2.37. The van der Waals surface area contributed by atoms with Crippen molar-refractivity contribution in [2.45, 2.75) is 69.3 Å². The van der Waals surface area contributed by atoms with Crippen LogP contribution in [-0.4, -0.2) is 23.3 Å². The molecule has 0 radical (unpaired) electrons. The highest BCUT2D eigenvalue weighted by atomic mass is 16.5. The average Bonchev–Trinajstić information content (AvgIpc) is 2.90. The van der Waals surface area contributed by atoms with Gasteiger partial charge in [0.25, 0.3) is 0 Å². The zero-order chi connectivity index (χ0) is 14.1. The largest absolute Gasteiger partial charge is 0.367 e. The van der Waals surface area contributed by atoms with Crippen LogP contribution in [0.1, 0.15) is 70.0 Å². The average molecular weight is 279 g/mol. The van der Waals surface area contributed by atoms with Gasteiger partial charge in [-0.1, -0.05) is 30.8 Å². The van der Waals surface area contributed by atoms with Gasteiger partial charge in [0.2, 0.25) is 11.7 Å². The maximum absolute atomic E-state index is 6.05. The predicted octanol–water partition coefficient (Wildman–Crippen LogP) is 2.65. The van der Waals surface area contributed by atoms with Crippen LogP contribution in [0.2, 0.25) is 0 Å². The van der Waals surface area contributed by atoms with Gasteiger partial charge in [-0.2, -0.15) is 4.98 Å². The van der Waals surface area contributed by atoms with E-state index in [2.05, 4.69) is 5.16 Å². The summed E-state index contributed by atoms with van der Waals surface area (Å²) in [5.74, 6) is 1.47. The fourth-order valence-corrected chi connectivity index (χ4v) is 3.56. The fraction of sp³-hybridized carbons (Fsp3) is 0.867. The Bertz CT molecular complexity index is 437. The molecule has 0 amide bonds. The van der Waals surface area contributed by atoms with Crippen LogP contribution in [0.25, 0.3) is 0 Å². The van der Waals surface area contributed by atoms with Gasteiger partial charge < -0.3 is 15.0 Å². The molecule has 2 aliphatic carbocycles. The number of rotatable bonds is 5. The molecule has 5 heteroatoms. The van der Waals surface area contributed by atoms with E-state index in [1.807, 2.05) is 6.92 Å². The molecule has 2 fully saturated rings. The Morgan fingerprint density at radius 3 is 2.45 bits per heavy atom. The number of aromatic nitrogens is 2. The van der Waals surface area contributed by atoms with Crippen molar-refractivity contribution in [2.24, 2.45) is 5.73 Å². The molecule has 0 unspecified atom stereocenters. The van der Waals surface area contributed by atoms with Crippen LogP contribution in [0.15, 0.2) is 4.52 Å². The van der Waals surface area contributed by atoms with Crippen molar-refractivity contribution in [2.75, 3.05) is 13.2 Å². The third-order valence-electron chi connectivity index (χ3n) is 5.07.